The van der Waals surface area contributed by atoms with Gasteiger partial charge in [-0.15, -0.1) is 0 Å². The molecule has 4 heteroatoms. The van der Waals surface area contributed by atoms with Gasteiger partial charge in [-0.3, -0.25) is 0 Å². The molecule has 0 unspecified atom stereocenters. The number of likely N-dealkylation sites (tertiary alicyclic amines) is 1. The number of hydrogen-bond acceptors (Lipinski definition) is 4. The van der Waals surface area contributed by atoms with Crippen molar-refractivity contribution in [2.75, 3.05) is 47.4 Å². The summed E-state index contributed by atoms with van der Waals surface area (Å²) in [5, 5.41) is 0. The van der Waals surface area contributed by atoms with Gasteiger partial charge in [0.25, 0.3) is 0 Å². The Labute approximate surface area is 176 Å². The quantitative estimate of drug-likeness (QED) is 0.594. The summed E-state index contributed by atoms with van der Waals surface area (Å²) in [4.78, 5) is 5.01. The van der Waals surface area contributed by atoms with Gasteiger partial charge in [-0.05, 0) is 74.6 Å². The fraction of sp³-hybridized carbons (Fsp3) is 0.520. The monoisotopic (exact) mass is 396 g/mol. The first-order chi connectivity index (χ1) is 14.2. The molecule has 1 aliphatic rings. The van der Waals surface area contributed by atoms with Crippen LogP contribution in [0.4, 0.5) is 0 Å². The summed E-state index contributed by atoms with van der Waals surface area (Å²) in [7, 11) is 5.55. The van der Waals surface area contributed by atoms with Crippen LogP contribution in [0.1, 0.15) is 36.0 Å². The maximum Gasteiger partial charge on any atom is 0.160 e. The molecule has 29 heavy (non-hydrogen) atoms. The summed E-state index contributed by atoms with van der Waals surface area (Å²) in [5.74, 6) is 1.58. The average molecular weight is 397 g/mol. The van der Waals surface area contributed by atoms with Crippen molar-refractivity contribution in [1.29, 1.82) is 0 Å². The van der Waals surface area contributed by atoms with Gasteiger partial charge in [0.1, 0.15) is 0 Å². The molecular formula is C25H36N2O2. The summed E-state index contributed by atoms with van der Waals surface area (Å²) in [5.41, 5.74) is 4.13. The second-order valence-electron chi connectivity index (χ2n) is 8.15. The molecule has 0 N–H and O–H groups in total. The zero-order valence-electron chi connectivity index (χ0n) is 18.3. The Hall–Kier alpha value is -2.04. The predicted octanol–water partition coefficient (Wildman–Crippen LogP) is 4.41. The second kappa shape index (κ2) is 11.2. The highest BCUT2D eigenvalue weighted by Gasteiger charge is 2.10. The van der Waals surface area contributed by atoms with E-state index in [-0.39, 0.29) is 0 Å². The third-order valence-electron chi connectivity index (χ3n) is 5.84. The molecule has 0 saturated carbocycles. The minimum atomic E-state index is 0.783. The van der Waals surface area contributed by atoms with E-state index in [9.17, 15) is 0 Å². The summed E-state index contributed by atoms with van der Waals surface area (Å²) < 4.78 is 10.7. The number of likely N-dealkylation sites (N-methyl/N-ethyl adjacent to an activating group) is 1. The van der Waals surface area contributed by atoms with Crippen molar-refractivity contribution in [3.05, 3.63) is 59.2 Å². The lowest BCUT2D eigenvalue weighted by Crippen LogP contribution is -2.31. The number of methoxy groups -OCH3 is 2. The molecular weight excluding hydrogens is 360 g/mol. The van der Waals surface area contributed by atoms with E-state index in [1.54, 1.807) is 14.2 Å². The topological polar surface area (TPSA) is 24.9 Å². The van der Waals surface area contributed by atoms with Gasteiger partial charge in [0.2, 0.25) is 0 Å². The fourth-order valence-electron chi connectivity index (χ4n) is 4.10. The lowest BCUT2D eigenvalue weighted by molar-refractivity contribution is 0.231. The zero-order valence-corrected chi connectivity index (χ0v) is 18.3. The van der Waals surface area contributed by atoms with Crippen LogP contribution in [0.25, 0.3) is 0 Å². The van der Waals surface area contributed by atoms with E-state index in [0.29, 0.717) is 0 Å². The molecule has 3 rings (SSSR count). The maximum atomic E-state index is 5.42. The predicted molar refractivity (Wildman–Crippen MR) is 120 cm³/mol. The van der Waals surface area contributed by atoms with Crippen LogP contribution in [0.15, 0.2) is 42.5 Å². The van der Waals surface area contributed by atoms with Crippen molar-refractivity contribution in [2.24, 2.45) is 0 Å². The summed E-state index contributed by atoms with van der Waals surface area (Å²) in [6, 6.07) is 15.3. The van der Waals surface area contributed by atoms with E-state index in [2.05, 4.69) is 53.2 Å². The number of ether oxygens (including phenoxy) is 2. The molecule has 1 fully saturated rings. The second-order valence-corrected chi connectivity index (χ2v) is 8.15. The highest BCUT2D eigenvalue weighted by molar-refractivity contribution is 5.43. The highest BCUT2D eigenvalue weighted by atomic mass is 16.5. The molecule has 1 heterocycles. The van der Waals surface area contributed by atoms with Crippen molar-refractivity contribution < 1.29 is 9.47 Å². The van der Waals surface area contributed by atoms with Gasteiger partial charge >= 0.3 is 0 Å². The normalized spacial score (nSPS) is 14.9. The fourth-order valence-corrected chi connectivity index (χ4v) is 4.10. The van der Waals surface area contributed by atoms with Gasteiger partial charge in [-0.2, -0.15) is 0 Å². The third-order valence-corrected chi connectivity index (χ3v) is 5.84. The molecule has 2 aromatic rings. The number of rotatable bonds is 10. The SMILES string of the molecule is COc1ccc(CCN(C)Cc2cccc(CCN3CCCCC3)c2)cc1OC. The van der Waals surface area contributed by atoms with Crippen LogP contribution < -0.4 is 9.47 Å². The lowest BCUT2D eigenvalue weighted by atomic mass is 10.1. The molecule has 0 radical (unpaired) electrons. The summed E-state index contributed by atoms with van der Waals surface area (Å²) >= 11 is 0. The van der Waals surface area contributed by atoms with E-state index in [4.69, 9.17) is 9.47 Å². The van der Waals surface area contributed by atoms with Gasteiger partial charge < -0.3 is 19.3 Å². The van der Waals surface area contributed by atoms with Crippen LogP contribution in [-0.4, -0.2) is 57.2 Å². The Morgan fingerprint density at radius 1 is 0.828 bits per heavy atom. The van der Waals surface area contributed by atoms with Crippen molar-refractivity contribution >= 4 is 0 Å². The number of nitrogens with zero attached hydrogens (tertiary/aromatic N) is 2. The van der Waals surface area contributed by atoms with Gasteiger partial charge in [0.05, 0.1) is 14.2 Å². The number of piperidine rings is 1. The molecule has 4 nitrogen and oxygen atoms in total. The number of benzene rings is 2. The molecule has 0 aromatic heterocycles. The first-order valence-electron chi connectivity index (χ1n) is 10.9. The van der Waals surface area contributed by atoms with Gasteiger partial charge in [0.15, 0.2) is 11.5 Å². The van der Waals surface area contributed by atoms with E-state index in [1.807, 2.05) is 6.07 Å². The third kappa shape index (κ3) is 6.76. The average Bonchev–Trinajstić information content (AvgIpc) is 2.77. The van der Waals surface area contributed by atoms with Gasteiger partial charge in [-0.1, -0.05) is 36.8 Å². The van der Waals surface area contributed by atoms with Gasteiger partial charge in [-0.25, -0.2) is 0 Å². The Bertz CT molecular complexity index is 756. The Kier molecular flexibility index (Phi) is 8.38. The van der Waals surface area contributed by atoms with Gasteiger partial charge in [0, 0.05) is 19.6 Å². The summed E-state index contributed by atoms with van der Waals surface area (Å²) in [6.45, 7) is 5.73. The van der Waals surface area contributed by atoms with Crippen LogP contribution in [0.2, 0.25) is 0 Å². The molecule has 0 atom stereocenters. The van der Waals surface area contributed by atoms with E-state index >= 15 is 0 Å². The van der Waals surface area contributed by atoms with Crippen LogP contribution in [0.3, 0.4) is 0 Å². The van der Waals surface area contributed by atoms with E-state index in [1.165, 1.54) is 55.6 Å². The summed E-state index contributed by atoms with van der Waals surface area (Å²) in [6.07, 6.45) is 6.28. The molecule has 0 spiro atoms. The molecule has 158 valence electrons. The molecule has 0 bridgehead atoms. The number of hydrogen-bond donors (Lipinski definition) is 0. The van der Waals surface area contributed by atoms with Crippen molar-refractivity contribution in [1.82, 2.24) is 9.80 Å². The first kappa shape index (κ1) is 21.7. The Balaban J connectivity index is 1.48. The standard InChI is InChI=1S/C25H36N2O2/c1-26(16-12-22-10-11-24(28-2)25(19-22)29-3)20-23-9-7-8-21(18-23)13-17-27-14-5-4-6-15-27/h7-11,18-19H,4-6,12-17,20H2,1-3H3. The van der Waals surface area contributed by atoms with Crippen LogP contribution in [0, 0.1) is 0 Å². The van der Waals surface area contributed by atoms with E-state index in [0.717, 1.165) is 37.4 Å². The van der Waals surface area contributed by atoms with E-state index < -0.39 is 0 Å². The van der Waals surface area contributed by atoms with Crippen LogP contribution in [0.5, 0.6) is 11.5 Å². The van der Waals surface area contributed by atoms with Crippen molar-refractivity contribution in [3.63, 3.8) is 0 Å². The minimum Gasteiger partial charge on any atom is -0.493 e. The Morgan fingerprint density at radius 3 is 2.31 bits per heavy atom. The zero-order chi connectivity index (χ0) is 20.5. The maximum absolute atomic E-state index is 5.42. The molecule has 1 saturated heterocycles. The molecule has 0 amide bonds. The largest absolute Gasteiger partial charge is 0.493 e. The minimum absolute atomic E-state index is 0.783. The highest BCUT2D eigenvalue weighted by Crippen LogP contribution is 2.27. The van der Waals surface area contributed by atoms with Crippen LogP contribution >= 0.6 is 0 Å². The van der Waals surface area contributed by atoms with Crippen molar-refractivity contribution in [2.45, 2.75) is 38.6 Å². The smallest absolute Gasteiger partial charge is 0.160 e. The first-order valence-corrected chi connectivity index (χ1v) is 10.9. The lowest BCUT2D eigenvalue weighted by Gasteiger charge is -2.26. The van der Waals surface area contributed by atoms with Crippen LogP contribution in [-0.2, 0) is 19.4 Å². The van der Waals surface area contributed by atoms with Crippen molar-refractivity contribution in [3.8, 4) is 11.5 Å². The molecule has 0 aliphatic carbocycles. The molecule has 2 aromatic carbocycles. The Morgan fingerprint density at radius 2 is 1.55 bits per heavy atom. The molecule has 1 aliphatic heterocycles.